The maximum absolute atomic E-state index is 11.9. The summed E-state index contributed by atoms with van der Waals surface area (Å²) in [7, 11) is 0. The molecular weight excluding hydrogens is 228 g/mol. The quantitative estimate of drug-likeness (QED) is 0.793. The second-order valence-corrected chi connectivity index (χ2v) is 4.98. The zero-order chi connectivity index (χ0) is 12.8. The van der Waals surface area contributed by atoms with Crippen LogP contribution in [0, 0.1) is 0 Å². The van der Waals surface area contributed by atoms with Gasteiger partial charge in [-0.25, -0.2) is 9.67 Å². The monoisotopic (exact) mass is 250 g/mol. The van der Waals surface area contributed by atoms with Crippen molar-refractivity contribution in [2.75, 3.05) is 6.54 Å². The Kier molecular flexibility index (Phi) is 4.87. The Hall–Kier alpha value is -1.23. The normalized spacial score (nSPS) is 16.3. The summed E-state index contributed by atoms with van der Waals surface area (Å²) in [6, 6.07) is 0.544. The van der Waals surface area contributed by atoms with Gasteiger partial charge in [-0.2, -0.15) is 5.10 Å². The van der Waals surface area contributed by atoms with E-state index in [2.05, 4.69) is 22.3 Å². The molecular formula is C13H22N4O. The van der Waals surface area contributed by atoms with Gasteiger partial charge in [0.05, 0.1) is 13.0 Å². The second-order valence-electron chi connectivity index (χ2n) is 4.98. The largest absolute Gasteiger partial charge is 0.307 e. The molecule has 0 amide bonds. The minimum atomic E-state index is 0.201. The number of carbonyl (C=O) groups excluding carboxylic acids is 1. The SMILES string of the molecule is CCCn1ncnc1CC(=O)CNC1CCCC1. The van der Waals surface area contributed by atoms with Gasteiger partial charge < -0.3 is 5.32 Å². The van der Waals surface area contributed by atoms with Gasteiger partial charge in [-0.1, -0.05) is 19.8 Å². The summed E-state index contributed by atoms with van der Waals surface area (Å²) in [4.78, 5) is 16.0. The highest BCUT2D eigenvalue weighted by atomic mass is 16.1. The van der Waals surface area contributed by atoms with Crippen molar-refractivity contribution in [3.05, 3.63) is 12.2 Å². The summed E-state index contributed by atoms with van der Waals surface area (Å²) in [6.07, 6.45) is 7.92. The van der Waals surface area contributed by atoms with Gasteiger partial charge in [0.25, 0.3) is 0 Å². The van der Waals surface area contributed by atoms with Crippen molar-refractivity contribution in [3.63, 3.8) is 0 Å². The summed E-state index contributed by atoms with van der Waals surface area (Å²) in [5, 5.41) is 7.47. The van der Waals surface area contributed by atoms with Crippen molar-refractivity contribution >= 4 is 5.78 Å². The molecule has 100 valence electrons. The number of hydrogen-bond donors (Lipinski definition) is 1. The zero-order valence-corrected chi connectivity index (χ0v) is 11.1. The van der Waals surface area contributed by atoms with E-state index in [9.17, 15) is 4.79 Å². The van der Waals surface area contributed by atoms with Crippen LogP contribution in [-0.2, 0) is 17.8 Å². The van der Waals surface area contributed by atoms with Crippen LogP contribution in [-0.4, -0.2) is 33.1 Å². The van der Waals surface area contributed by atoms with E-state index < -0.39 is 0 Å². The van der Waals surface area contributed by atoms with Crippen LogP contribution in [0.25, 0.3) is 0 Å². The van der Waals surface area contributed by atoms with Crippen LogP contribution in [0.1, 0.15) is 44.9 Å². The molecule has 0 spiro atoms. The molecule has 18 heavy (non-hydrogen) atoms. The highest BCUT2D eigenvalue weighted by Gasteiger charge is 2.16. The number of carbonyl (C=O) groups is 1. The predicted octanol–water partition coefficient (Wildman–Crippen LogP) is 1.33. The van der Waals surface area contributed by atoms with E-state index >= 15 is 0 Å². The molecule has 0 radical (unpaired) electrons. The summed E-state index contributed by atoms with van der Waals surface area (Å²) >= 11 is 0. The van der Waals surface area contributed by atoms with Crippen LogP contribution in [0.5, 0.6) is 0 Å². The van der Waals surface area contributed by atoms with Gasteiger partial charge in [0, 0.05) is 12.6 Å². The Morgan fingerprint density at radius 3 is 3.00 bits per heavy atom. The van der Waals surface area contributed by atoms with Crippen LogP contribution in [0.2, 0.25) is 0 Å². The van der Waals surface area contributed by atoms with Crippen LogP contribution in [0.4, 0.5) is 0 Å². The first-order chi connectivity index (χ1) is 8.79. The summed E-state index contributed by atoms with van der Waals surface area (Å²) in [5.41, 5.74) is 0. The molecule has 2 rings (SSSR count). The van der Waals surface area contributed by atoms with Crippen molar-refractivity contribution in [1.29, 1.82) is 0 Å². The molecule has 0 bridgehead atoms. The highest BCUT2D eigenvalue weighted by molar-refractivity contribution is 5.82. The average Bonchev–Trinajstić information content (AvgIpc) is 2.99. The summed E-state index contributed by atoms with van der Waals surface area (Å²) in [5.74, 6) is 0.988. The molecule has 0 aliphatic heterocycles. The van der Waals surface area contributed by atoms with E-state index in [4.69, 9.17) is 0 Å². The Morgan fingerprint density at radius 1 is 1.50 bits per heavy atom. The maximum atomic E-state index is 11.9. The first-order valence-corrected chi connectivity index (χ1v) is 6.91. The number of nitrogens with one attached hydrogen (secondary N) is 1. The molecule has 1 N–H and O–H groups in total. The molecule has 1 aliphatic carbocycles. The Morgan fingerprint density at radius 2 is 2.28 bits per heavy atom. The first-order valence-electron chi connectivity index (χ1n) is 6.91. The van der Waals surface area contributed by atoms with E-state index in [-0.39, 0.29) is 5.78 Å². The number of nitrogens with zero attached hydrogens (tertiary/aromatic N) is 3. The lowest BCUT2D eigenvalue weighted by Crippen LogP contribution is -2.32. The lowest BCUT2D eigenvalue weighted by atomic mass is 10.2. The van der Waals surface area contributed by atoms with Crippen LogP contribution >= 0.6 is 0 Å². The molecule has 0 aromatic carbocycles. The van der Waals surface area contributed by atoms with Gasteiger partial charge >= 0.3 is 0 Å². The molecule has 0 atom stereocenters. The topological polar surface area (TPSA) is 59.8 Å². The maximum Gasteiger partial charge on any atom is 0.154 e. The van der Waals surface area contributed by atoms with E-state index in [0.29, 0.717) is 19.0 Å². The van der Waals surface area contributed by atoms with Gasteiger partial charge in [-0.05, 0) is 19.3 Å². The smallest absolute Gasteiger partial charge is 0.154 e. The fourth-order valence-corrected chi connectivity index (χ4v) is 2.45. The molecule has 5 heteroatoms. The molecule has 1 saturated carbocycles. The Labute approximate surface area is 108 Å². The number of Topliss-reactive ketones (excluding diaryl/α,β-unsaturated/α-hetero) is 1. The molecule has 0 saturated heterocycles. The lowest BCUT2D eigenvalue weighted by molar-refractivity contribution is -0.117. The lowest BCUT2D eigenvalue weighted by Gasteiger charge is -2.10. The standard InChI is InChI=1S/C13H22N4O/c1-2-7-17-13(15-10-16-17)8-12(18)9-14-11-5-3-4-6-11/h10-11,14H,2-9H2,1H3. The highest BCUT2D eigenvalue weighted by Crippen LogP contribution is 2.17. The van der Waals surface area contributed by atoms with Crippen molar-refractivity contribution in [2.24, 2.45) is 0 Å². The number of aromatic nitrogens is 3. The van der Waals surface area contributed by atoms with Gasteiger partial charge in [0.2, 0.25) is 0 Å². The molecule has 1 fully saturated rings. The predicted molar refractivity (Wildman–Crippen MR) is 69.3 cm³/mol. The molecule has 1 aliphatic rings. The fourth-order valence-electron chi connectivity index (χ4n) is 2.45. The fraction of sp³-hybridized carbons (Fsp3) is 0.769. The zero-order valence-electron chi connectivity index (χ0n) is 11.1. The number of hydrogen-bond acceptors (Lipinski definition) is 4. The van der Waals surface area contributed by atoms with Crippen molar-refractivity contribution in [1.82, 2.24) is 20.1 Å². The summed E-state index contributed by atoms with van der Waals surface area (Å²) < 4.78 is 1.83. The molecule has 0 unspecified atom stereocenters. The van der Waals surface area contributed by atoms with Gasteiger partial charge in [-0.15, -0.1) is 0 Å². The third-order valence-electron chi connectivity index (χ3n) is 3.43. The minimum absolute atomic E-state index is 0.201. The van der Waals surface area contributed by atoms with Crippen LogP contribution in [0.15, 0.2) is 6.33 Å². The van der Waals surface area contributed by atoms with Crippen molar-refractivity contribution < 1.29 is 4.79 Å². The van der Waals surface area contributed by atoms with Crippen LogP contribution in [0.3, 0.4) is 0 Å². The number of ketones is 1. The van der Waals surface area contributed by atoms with Crippen molar-refractivity contribution in [3.8, 4) is 0 Å². The Bertz CT molecular complexity index is 382. The third-order valence-corrected chi connectivity index (χ3v) is 3.43. The molecule has 1 aromatic heterocycles. The molecule has 1 aromatic rings. The first kappa shape index (κ1) is 13.2. The minimum Gasteiger partial charge on any atom is -0.307 e. The van der Waals surface area contributed by atoms with E-state index in [1.54, 1.807) is 0 Å². The van der Waals surface area contributed by atoms with Gasteiger partial charge in [0.1, 0.15) is 12.2 Å². The third kappa shape index (κ3) is 3.63. The number of rotatable bonds is 7. The van der Waals surface area contributed by atoms with Gasteiger partial charge in [-0.3, -0.25) is 4.79 Å². The average molecular weight is 250 g/mol. The van der Waals surface area contributed by atoms with E-state index in [1.165, 1.54) is 32.0 Å². The molecule has 1 heterocycles. The summed E-state index contributed by atoms with van der Waals surface area (Å²) in [6.45, 7) is 3.39. The number of aryl methyl sites for hydroxylation is 1. The molecule has 5 nitrogen and oxygen atoms in total. The Balaban J connectivity index is 1.77. The van der Waals surface area contributed by atoms with E-state index in [1.807, 2.05) is 4.68 Å². The van der Waals surface area contributed by atoms with Gasteiger partial charge in [0.15, 0.2) is 5.78 Å². The van der Waals surface area contributed by atoms with E-state index in [0.717, 1.165) is 18.8 Å². The second kappa shape index (κ2) is 6.64. The van der Waals surface area contributed by atoms with Crippen LogP contribution < -0.4 is 5.32 Å². The van der Waals surface area contributed by atoms with Crippen molar-refractivity contribution in [2.45, 2.75) is 58.0 Å².